The zero-order valence-electron chi connectivity index (χ0n) is 28.2. The van der Waals surface area contributed by atoms with E-state index in [1.54, 1.807) is 60.7 Å². The number of benzene rings is 3. The van der Waals surface area contributed by atoms with Gasteiger partial charge < -0.3 is 24.2 Å². The number of nitrogens with one attached hydrogen (secondary N) is 1. The first-order chi connectivity index (χ1) is 24.6. The largest absolute Gasteiger partial charge is 0.619 e. The van der Waals surface area contributed by atoms with Gasteiger partial charge in [0, 0.05) is 30.6 Å². The SMILES string of the molecule is COc1ccc([C@H](Cc2c(Cl)c[n+]([O-])cc2Cl)OC(=O)c2cccc(CNC(C(=O)O[C@H]3CN4CCC3CC4)c3ccccc3F)c2)cc1OC. The highest BCUT2D eigenvalue weighted by Gasteiger charge is 2.38. The van der Waals surface area contributed by atoms with E-state index in [1.165, 1.54) is 32.7 Å². The molecule has 0 amide bonds. The maximum Gasteiger partial charge on any atom is 0.338 e. The summed E-state index contributed by atoms with van der Waals surface area (Å²) in [6, 6.07) is 16.9. The highest BCUT2D eigenvalue weighted by Crippen LogP contribution is 2.36. The third kappa shape index (κ3) is 8.56. The molecule has 268 valence electrons. The number of carbonyl (C=O) groups excluding carboxylic acids is 2. The number of carbonyl (C=O) groups is 2. The van der Waals surface area contributed by atoms with Crippen LogP contribution in [0, 0.1) is 16.9 Å². The number of ether oxygens (including phenoxy) is 4. The summed E-state index contributed by atoms with van der Waals surface area (Å²) in [5, 5.41) is 15.3. The van der Waals surface area contributed by atoms with Crippen LogP contribution in [-0.4, -0.2) is 56.8 Å². The Morgan fingerprint density at radius 2 is 1.71 bits per heavy atom. The number of pyridine rings is 1. The third-order valence-electron chi connectivity index (χ3n) is 9.46. The fourth-order valence-electron chi connectivity index (χ4n) is 6.71. The molecule has 4 aromatic rings. The van der Waals surface area contributed by atoms with Crippen molar-refractivity contribution in [3.63, 3.8) is 0 Å². The molecule has 1 unspecified atom stereocenters. The zero-order chi connectivity index (χ0) is 36.1. The van der Waals surface area contributed by atoms with Crippen LogP contribution in [0.5, 0.6) is 11.5 Å². The van der Waals surface area contributed by atoms with Crippen molar-refractivity contribution in [1.29, 1.82) is 0 Å². The van der Waals surface area contributed by atoms with Crippen LogP contribution in [0.4, 0.5) is 4.39 Å². The molecule has 3 saturated heterocycles. The number of hydrogen-bond acceptors (Lipinski definition) is 9. The molecular formula is C38H38Cl2FN3O7. The van der Waals surface area contributed by atoms with Gasteiger partial charge in [-0.15, -0.1) is 0 Å². The molecule has 3 aromatic carbocycles. The molecule has 13 heteroatoms. The van der Waals surface area contributed by atoms with Crippen LogP contribution in [0.2, 0.25) is 10.0 Å². The number of methoxy groups -OCH3 is 2. The van der Waals surface area contributed by atoms with Crippen molar-refractivity contribution in [2.45, 2.75) is 44.1 Å². The van der Waals surface area contributed by atoms with E-state index < -0.39 is 29.9 Å². The number of aromatic nitrogens is 1. The molecule has 3 aliphatic rings. The van der Waals surface area contributed by atoms with Crippen LogP contribution < -0.4 is 19.5 Å². The van der Waals surface area contributed by atoms with Crippen LogP contribution >= 0.6 is 23.2 Å². The Labute approximate surface area is 305 Å². The Bertz CT molecular complexity index is 1870. The van der Waals surface area contributed by atoms with E-state index in [9.17, 15) is 14.8 Å². The van der Waals surface area contributed by atoms with Crippen molar-refractivity contribution in [3.05, 3.63) is 128 Å². The first-order valence-electron chi connectivity index (χ1n) is 16.6. The normalized spacial score (nSPS) is 19.2. The third-order valence-corrected chi connectivity index (χ3v) is 10.1. The van der Waals surface area contributed by atoms with Crippen LogP contribution in [0.1, 0.15) is 57.6 Å². The van der Waals surface area contributed by atoms with Gasteiger partial charge in [-0.05, 0) is 73.3 Å². The second-order valence-electron chi connectivity index (χ2n) is 12.7. The zero-order valence-corrected chi connectivity index (χ0v) is 29.7. The lowest BCUT2D eigenvalue weighted by molar-refractivity contribution is -0.605. The van der Waals surface area contributed by atoms with Crippen LogP contribution in [0.25, 0.3) is 0 Å². The van der Waals surface area contributed by atoms with E-state index in [0.29, 0.717) is 45.4 Å². The minimum atomic E-state index is -1.07. The molecule has 7 rings (SSSR count). The second-order valence-corrected chi connectivity index (χ2v) is 13.5. The predicted octanol–water partition coefficient (Wildman–Crippen LogP) is 6.39. The average Bonchev–Trinajstić information content (AvgIpc) is 3.13. The van der Waals surface area contributed by atoms with Crippen LogP contribution in [0.3, 0.4) is 0 Å². The van der Waals surface area contributed by atoms with Crippen molar-refractivity contribution < 1.29 is 37.7 Å². The quantitative estimate of drug-likeness (QED) is 0.0948. The Kier molecular flexibility index (Phi) is 11.6. The van der Waals surface area contributed by atoms with Crippen molar-refractivity contribution in [2.24, 2.45) is 5.92 Å². The highest BCUT2D eigenvalue weighted by atomic mass is 35.5. The van der Waals surface area contributed by atoms with Crippen LogP contribution in [-0.2, 0) is 27.2 Å². The number of halogens is 3. The maximum absolute atomic E-state index is 15.0. The number of nitrogens with zero attached hydrogens (tertiary/aromatic N) is 2. The molecule has 0 radical (unpaired) electrons. The molecule has 3 fully saturated rings. The molecule has 3 aliphatic heterocycles. The summed E-state index contributed by atoms with van der Waals surface area (Å²) in [6.07, 6.45) is 3.20. The first-order valence-corrected chi connectivity index (χ1v) is 17.4. The summed E-state index contributed by atoms with van der Waals surface area (Å²) in [5.41, 5.74) is 2.05. The molecule has 0 spiro atoms. The standard InChI is InChI=1S/C38H38Cl2FN3O7/c1-48-32-11-10-25(17-34(32)49-2)33(18-28-29(39)20-44(47)21-30(28)40)50-37(45)26-7-5-6-23(16-26)19-42-36(27-8-3-4-9-31(27)41)38(46)51-35-22-43-14-12-24(35)13-15-43/h3-11,16-17,20-21,24,33,35-36,42H,12-15,18-19,22H2,1-2H3/t33-,35-,36?/m0/s1. The van der Waals surface area contributed by atoms with Crippen molar-refractivity contribution in [1.82, 2.24) is 10.2 Å². The van der Waals surface area contributed by atoms with Gasteiger partial charge in [0.2, 0.25) is 0 Å². The second kappa shape index (κ2) is 16.3. The lowest BCUT2D eigenvalue weighted by atomic mass is 9.86. The summed E-state index contributed by atoms with van der Waals surface area (Å²) in [7, 11) is 3.01. The van der Waals surface area contributed by atoms with Crippen molar-refractivity contribution >= 4 is 35.1 Å². The molecule has 0 saturated carbocycles. The van der Waals surface area contributed by atoms with Gasteiger partial charge in [-0.1, -0.05) is 59.6 Å². The lowest BCUT2D eigenvalue weighted by Crippen LogP contribution is -2.52. The Morgan fingerprint density at radius 1 is 0.980 bits per heavy atom. The van der Waals surface area contributed by atoms with Gasteiger partial charge in [-0.2, -0.15) is 4.73 Å². The average molecular weight is 739 g/mol. The Balaban J connectivity index is 1.21. The molecule has 2 bridgehead atoms. The van der Waals surface area contributed by atoms with E-state index in [-0.39, 0.29) is 40.2 Å². The molecule has 1 N–H and O–H groups in total. The molecule has 51 heavy (non-hydrogen) atoms. The van der Waals surface area contributed by atoms with Gasteiger partial charge in [0.25, 0.3) is 0 Å². The van der Waals surface area contributed by atoms with E-state index >= 15 is 4.39 Å². The lowest BCUT2D eigenvalue weighted by Gasteiger charge is -2.44. The van der Waals surface area contributed by atoms with Gasteiger partial charge in [0.05, 0.1) is 19.8 Å². The number of piperidine rings is 3. The fraction of sp³-hybridized carbons (Fsp3) is 0.342. The number of fused-ring (bicyclic) bond motifs is 3. The summed E-state index contributed by atoms with van der Waals surface area (Å²) in [5.74, 6) is -0.524. The highest BCUT2D eigenvalue weighted by molar-refractivity contribution is 6.35. The summed E-state index contributed by atoms with van der Waals surface area (Å²) >= 11 is 12.8. The minimum absolute atomic E-state index is 0.0486. The first kappa shape index (κ1) is 36.4. The van der Waals surface area contributed by atoms with Crippen LogP contribution in [0.15, 0.2) is 79.1 Å². The topological polar surface area (TPSA) is 113 Å². The summed E-state index contributed by atoms with van der Waals surface area (Å²) in [4.78, 5) is 29.6. The number of esters is 2. The van der Waals surface area contributed by atoms with E-state index in [0.717, 1.165) is 25.9 Å². The van der Waals surface area contributed by atoms with E-state index in [1.807, 2.05) is 0 Å². The van der Waals surface area contributed by atoms with Crippen molar-refractivity contribution in [2.75, 3.05) is 33.9 Å². The molecule has 3 atom stereocenters. The van der Waals surface area contributed by atoms with Gasteiger partial charge in [0.15, 0.2) is 23.9 Å². The molecular weight excluding hydrogens is 700 g/mol. The van der Waals surface area contributed by atoms with E-state index in [2.05, 4.69) is 10.2 Å². The number of rotatable bonds is 13. The smallest absolute Gasteiger partial charge is 0.338 e. The Morgan fingerprint density at radius 3 is 2.37 bits per heavy atom. The molecule has 1 aromatic heterocycles. The minimum Gasteiger partial charge on any atom is -0.619 e. The summed E-state index contributed by atoms with van der Waals surface area (Å²) < 4.78 is 38.4. The summed E-state index contributed by atoms with van der Waals surface area (Å²) in [6.45, 7) is 2.79. The number of hydrogen-bond donors (Lipinski definition) is 1. The maximum atomic E-state index is 15.0. The van der Waals surface area contributed by atoms with Gasteiger partial charge in [-0.25, -0.2) is 14.0 Å². The van der Waals surface area contributed by atoms with Gasteiger partial charge >= 0.3 is 11.9 Å². The Hall–Kier alpha value is -4.42. The van der Waals surface area contributed by atoms with Gasteiger partial charge in [-0.3, -0.25) is 10.2 Å². The molecule has 10 nitrogen and oxygen atoms in total. The molecule has 0 aliphatic carbocycles. The predicted molar refractivity (Wildman–Crippen MR) is 188 cm³/mol. The monoisotopic (exact) mass is 737 g/mol. The fourth-order valence-corrected chi connectivity index (χ4v) is 7.31. The van der Waals surface area contributed by atoms with E-state index in [4.69, 9.17) is 42.1 Å². The molecule has 4 heterocycles. The van der Waals surface area contributed by atoms with Gasteiger partial charge in [0.1, 0.15) is 34.1 Å². The van der Waals surface area contributed by atoms with Crippen molar-refractivity contribution in [3.8, 4) is 11.5 Å².